The van der Waals surface area contributed by atoms with Crippen LogP contribution in [0.5, 0.6) is 0 Å². The molecule has 9 heteroatoms. The molecule has 7 nitrogen and oxygen atoms in total. The van der Waals surface area contributed by atoms with Crippen LogP contribution in [0.3, 0.4) is 0 Å². The molecule has 3 heterocycles. The maximum atomic E-state index is 5.15. The van der Waals surface area contributed by atoms with Gasteiger partial charge in [-0.25, -0.2) is 4.98 Å². The van der Waals surface area contributed by atoms with Crippen LogP contribution in [0.15, 0.2) is 15.6 Å². The van der Waals surface area contributed by atoms with E-state index in [1.807, 2.05) is 20.0 Å². The van der Waals surface area contributed by atoms with Crippen molar-refractivity contribution in [3.8, 4) is 0 Å². The number of aromatic nitrogens is 2. The van der Waals surface area contributed by atoms with Crippen LogP contribution in [-0.4, -0.2) is 59.1 Å². The molecule has 0 amide bonds. The molecule has 144 valence electrons. The Hall–Kier alpha value is -1.20. The molecule has 0 bridgehead atoms. The van der Waals surface area contributed by atoms with Crippen LogP contribution < -0.4 is 5.32 Å². The molecule has 0 saturated carbocycles. The van der Waals surface area contributed by atoms with E-state index in [9.17, 15) is 0 Å². The molecule has 0 aromatic carbocycles. The van der Waals surface area contributed by atoms with Crippen molar-refractivity contribution in [2.45, 2.75) is 33.9 Å². The Morgan fingerprint density at radius 3 is 2.54 bits per heavy atom. The molecular formula is C17H27IN6OS. The number of hydrogen-bond donors (Lipinski definition) is 1. The summed E-state index contributed by atoms with van der Waals surface area (Å²) in [6, 6.07) is 2.00. The first-order chi connectivity index (χ1) is 12.0. The largest absolute Gasteiger partial charge is 0.361 e. The number of nitrogens with one attached hydrogen (secondary N) is 1. The molecule has 2 aromatic rings. The molecule has 2 aromatic heterocycles. The minimum absolute atomic E-state index is 0. The predicted molar refractivity (Wildman–Crippen MR) is 115 cm³/mol. The molecule has 0 radical (unpaired) electrons. The fourth-order valence-electron chi connectivity index (χ4n) is 2.94. The van der Waals surface area contributed by atoms with Gasteiger partial charge in [0.05, 0.1) is 17.9 Å². The second-order valence-electron chi connectivity index (χ2n) is 6.34. The second kappa shape index (κ2) is 9.65. The number of hydrogen-bond acceptors (Lipinski definition) is 6. The summed E-state index contributed by atoms with van der Waals surface area (Å²) in [5, 5.41) is 8.63. The van der Waals surface area contributed by atoms with Gasteiger partial charge in [0.15, 0.2) is 5.96 Å². The van der Waals surface area contributed by atoms with E-state index < -0.39 is 0 Å². The Labute approximate surface area is 175 Å². The average molecular weight is 490 g/mol. The topological polar surface area (TPSA) is 69.8 Å². The van der Waals surface area contributed by atoms with Crippen LogP contribution in [0.4, 0.5) is 0 Å². The van der Waals surface area contributed by atoms with Crippen molar-refractivity contribution in [3.05, 3.63) is 33.1 Å². The molecule has 0 aliphatic carbocycles. The summed E-state index contributed by atoms with van der Waals surface area (Å²) in [5.41, 5.74) is 2.12. The van der Waals surface area contributed by atoms with Crippen molar-refractivity contribution >= 4 is 41.3 Å². The number of nitrogens with zero attached hydrogens (tertiary/aromatic N) is 5. The van der Waals surface area contributed by atoms with E-state index in [2.05, 4.69) is 44.1 Å². The summed E-state index contributed by atoms with van der Waals surface area (Å²) >= 11 is 1.75. The Morgan fingerprint density at radius 2 is 2.00 bits per heavy atom. The Kier molecular flexibility index (Phi) is 7.84. The fourth-order valence-corrected chi connectivity index (χ4v) is 3.81. The Bertz CT molecular complexity index is 716. The zero-order valence-corrected chi connectivity index (χ0v) is 18.9. The maximum Gasteiger partial charge on any atom is 0.194 e. The highest BCUT2D eigenvalue weighted by molar-refractivity contribution is 14.0. The molecule has 1 aliphatic heterocycles. The molecular weight excluding hydrogens is 463 g/mol. The number of rotatable bonds is 4. The highest BCUT2D eigenvalue weighted by Gasteiger charge is 2.20. The highest BCUT2D eigenvalue weighted by Crippen LogP contribution is 2.16. The highest BCUT2D eigenvalue weighted by atomic mass is 127. The third-order valence-electron chi connectivity index (χ3n) is 4.42. The van der Waals surface area contributed by atoms with Gasteiger partial charge in [0.1, 0.15) is 10.8 Å². The average Bonchev–Trinajstić information content (AvgIpc) is 3.15. The lowest BCUT2D eigenvalue weighted by atomic mass is 10.3. The fraction of sp³-hybridized carbons (Fsp3) is 0.588. The van der Waals surface area contributed by atoms with Gasteiger partial charge in [-0.05, 0) is 20.8 Å². The first kappa shape index (κ1) is 21.1. The van der Waals surface area contributed by atoms with Crippen molar-refractivity contribution in [2.75, 3.05) is 33.2 Å². The normalized spacial score (nSPS) is 15.8. The second-order valence-corrected chi connectivity index (χ2v) is 7.63. The lowest BCUT2D eigenvalue weighted by Crippen LogP contribution is -2.52. The van der Waals surface area contributed by atoms with Crippen molar-refractivity contribution in [1.29, 1.82) is 0 Å². The SMILES string of the molecule is CN=C(NCc1nc(C)c(C)s1)N1CCN(Cc2cc(C)on2)CC1.I. The first-order valence-electron chi connectivity index (χ1n) is 8.58. The third-order valence-corrected chi connectivity index (χ3v) is 5.49. The molecule has 3 rings (SSSR count). The summed E-state index contributed by atoms with van der Waals surface area (Å²) in [6.07, 6.45) is 0. The molecule has 0 atom stereocenters. The summed E-state index contributed by atoms with van der Waals surface area (Å²) in [6.45, 7) is 11.5. The van der Waals surface area contributed by atoms with Gasteiger partial charge in [0.25, 0.3) is 0 Å². The van der Waals surface area contributed by atoms with E-state index in [1.54, 1.807) is 11.3 Å². The van der Waals surface area contributed by atoms with Crippen molar-refractivity contribution in [2.24, 2.45) is 4.99 Å². The minimum Gasteiger partial charge on any atom is -0.361 e. The van der Waals surface area contributed by atoms with Gasteiger partial charge in [-0.3, -0.25) is 9.89 Å². The van der Waals surface area contributed by atoms with Gasteiger partial charge in [-0.1, -0.05) is 5.16 Å². The summed E-state index contributed by atoms with van der Waals surface area (Å²) in [7, 11) is 1.84. The molecule has 0 spiro atoms. The van der Waals surface area contributed by atoms with Gasteiger partial charge in [0, 0.05) is 50.7 Å². The minimum atomic E-state index is 0. The van der Waals surface area contributed by atoms with Crippen LogP contribution in [0.2, 0.25) is 0 Å². The predicted octanol–water partition coefficient (Wildman–Crippen LogP) is 2.57. The third kappa shape index (κ3) is 5.40. The van der Waals surface area contributed by atoms with Gasteiger partial charge < -0.3 is 14.7 Å². The van der Waals surface area contributed by atoms with Crippen LogP contribution >= 0.6 is 35.3 Å². The molecule has 1 N–H and O–H groups in total. The van der Waals surface area contributed by atoms with Gasteiger partial charge in [-0.2, -0.15) is 0 Å². The van der Waals surface area contributed by atoms with E-state index in [0.29, 0.717) is 0 Å². The smallest absolute Gasteiger partial charge is 0.194 e. The quantitative estimate of drug-likeness (QED) is 0.404. The Morgan fingerprint density at radius 1 is 1.27 bits per heavy atom. The molecule has 1 aliphatic rings. The van der Waals surface area contributed by atoms with Crippen LogP contribution in [0.25, 0.3) is 0 Å². The van der Waals surface area contributed by atoms with E-state index in [4.69, 9.17) is 4.52 Å². The van der Waals surface area contributed by atoms with E-state index in [-0.39, 0.29) is 24.0 Å². The molecule has 1 fully saturated rings. The number of halogens is 1. The standard InChI is InChI=1S/C17H26N6OS.HI/c1-12-9-15(21-24-12)11-22-5-7-23(8-6-22)17(18-4)19-10-16-20-13(2)14(3)25-16;/h9H,5-8,10-11H2,1-4H3,(H,18,19);1H. The first-order valence-corrected chi connectivity index (χ1v) is 9.40. The van der Waals surface area contributed by atoms with Gasteiger partial charge >= 0.3 is 0 Å². The van der Waals surface area contributed by atoms with Gasteiger partial charge in [0.2, 0.25) is 0 Å². The number of piperazine rings is 1. The monoisotopic (exact) mass is 490 g/mol. The van der Waals surface area contributed by atoms with Gasteiger partial charge in [-0.15, -0.1) is 35.3 Å². The zero-order chi connectivity index (χ0) is 17.8. The number of guanidine groups is 1. The lowest BCUT2D eigenvalue weighted by molar-refractivity contribution is 0.169. The molecule has 0 unspecified atom stereocenters. The number of aliphatic imine (C=N–C) groups is 1. The van der Waals surface area contributed by atoms with Crippen molar-refractivity contribution < 1.29 is 4.52 Å². The van der Waals surface area contributed by atoms with Crippen molar-refractivity contribution in [1.82, 2.24) is 25.3 Å². The van der Waals surface area contributed by atoms with Crippen LogP contribution in [-0.2, 0) is 13.1 Å². The maximum absolute atomic E-state index is 5.15. The summed E-state index contributed by atoms with van der Waals surface area (Å²) in [5.74, 6) is 1.81. The zero-order valence-electron chi connectivity index (χ0n) is 15.8. The van der Waals surface area contributed by atoms with Crippen LogP contribution in [0.1, 0.15) is 27.0 Å². The van der Waals surface area contributed by atoms with Crippen LogP contribution in [0, 0.1) is 20.8 Å². The summed E-state index contributed by atoms with van der Waals surface area (Å²) < 4.78 is 5.15. The lowest BCUT2D eigenvalue weighted by Gasteiger charge is -2.36. The number of thiazole rings is 1. The van der Waals surface area contributed by atoms with E-state index >= 15 is 0 Å². The summed E-state index contributed by atoms with van der Waals surface area (Å²) in [4.78, 5) is 15.0. The van der Waals surface area contributed by atoms with E-state index in [0.717, 1.165) is 67.4 Å². The molecule has 26 heavy (non-hydrogen) atoms. The molecule has 1 saturated heterocycles. The number of aryl methyl sites for hydroxylation is 3. The Balaban J connectivity index is 0.00000243. The van der Waals surface area contributed by atoms with Crippen molar-refractivity contribution in [3.63, 3.8) is 0 Å². The van der Waals surface area contributed by atoms with E-state index in [1.165, 1.54) is 4.88 Å².